The molecular weight excluding hydrogens is 250 g/mol. The molecule has 98 valence electrons. The highest BCUT2D eigenvalue weighted by Gasteiger charge is 2.01. The summed E-state index contributed by atoms with van der Waals surface area (Å²) in [4.78, 5) is 11.5. The highest BCUT2D eigenvalue weighted by molar-refractivity contribution is 6.32. The van der Waals surface area contributed by atoms with Crippen LogP contribution in [0.2, 0.25) is 5.02 Å². The normalized spacial score (nSPS) is 12.6. The second-order valence-electron chi connectivity index (χ2n) is 4.00. The van der Waals surface area contributed by atoms with Crippen LogP contribution in [-0.2, 0) is 4.79 Å². The first-order valence-corrected chi connectivity index (χ1v) is 6.39. The molecule has 1 rings (SSSR count). The van der Waals surface area contributed by atoms with Gasteiger partial charge in [0.05, 0.1) is 6.10 Å². The topological polar surface area (TPSA) is 49.3 Å². The predicted molar refractivity (Wildman–Crippen MR) is 74.4 cm³/mol. The molecule has 0 saturated heterocycles. The van der Waals surface area contributed by atoms with Crippen molar-refractivity contribution in [1.82, 2.24) is 5.32 Å². The van der Waals surface area contributed by atoms with E-state index >= 15 is 0 Å². The summed E-state index contributed by atoms with van der Waals surface area (Å²) in [5.74, 6) is -0.182. The lowest BCUT2D eigenvalue weighted by Crippen LogP contribution is -2.25. The minimum absolute atomic E-state index is 0.182. The minimum Gasteiger partial charge on any atom is -0.393 e. The molecule has 3 nitrogen and oxygen atoms in total. The molecule has 4 heteroatoms. The zero-order chi connectivity index (χ0) is 13.4. The molecule has 0 heterocycles. The van der Waals surface area contributed by atoms with Gasteiger partial charge in [0.2, 0.25) is 5.91 Å². The maximum Gasteiger partial charge on any atom is 0.244 e. The number of rotatable bonds is 6. The van der Waals surface area contributed by atoms with E-state index in [-0.39, 0.29) is 12.0 Å². The van der Waals surface area contributed by atoms with Crippen molar-refractivity contribution in [1.29, 1.82) is 0 Å². The molecule has 1 aromatic carbocycles. The van der Waals surface area contributed by atoms with Crippen LogP contribution in [0.3, 0.4) is 0 Å². The van der Waals surface area contributed by atoms with Gasteiger partial charge in [0, 0.05) is 17.6 Å². The summed E-state index contributed by atoms with van der Waals surface area (Å²) in [5.41, 5.74) is 0.808. The quantitative estimate of drug-likeness (QED) is 0.779. The van der Waals surface area contributed by atoms with E-state index in [0.717, 1.165) is 5.56 Å². The lowest BCUT2D eigenvalue weighted by atomic mass is 10.2. The number of hydrogen-bond donors (Lipinski definition) is 2. The second-order valence-corrected chi connectivity index (χ2v) is 4.40. The molecule has 0 bridgehead atoms. The van der Waals surface area contributed by atoms with Gasteiger partial charge in [-0.2, -0.15) is 0 Å². The van der Waals surface area contributed by atoms with Crippen LogP contribution in [-0.4, -0.2) is 23.7 Å². The van der Waals surface area contributed by atoms with Crippen molar-refractivity contribution < 1.29 is 9.90 Å². The highest BCUT2D eigenvalue weighted by atomic mass is 35.5. The summed E-state index contributed by atoms with van der Waals surface area (Å²) in [5, 5.41) is 12.7. The van der Waals surface area contributed by atoms with Gasteiger partial charge in [0.25, 0.3) is 0 Å². The Kier molecular flexibility index (Phi) is 6.47. The Balaban J connectivity index is 2.38. The van der Waals surface area contributed by atoms with Gasteiger partial charge in [-0.05, 0) is 30.5 Å². The van der Waals surface area contributed by atoms with Crippen molar-refractivity contribution in [3.8, 4) is 0 Å². The van der Waals surface area contributed by atoms with Gasteiger partial charge in [-0.25, -0.2) is 0 Å². The molecule has 18 heavy (non-hydrogen) atoms. The molecule has 0 saturated carbocycles. The second kappa shape index (κ2) is 7.90. The number of hydrogen-bond acceptors (Lipinski definition) is 2. The number of nitrogens with one attached hydrogen (secondary N) is 1. The lowest BCUT2D eigenvalue weighted by molar-refractivity contribution is -0.116. The summed E-state index contributed by atoms with van der Waals surface area (Å²) in [6, 6.07) is 7.32. The fraction of sp³-hybridized carbons (Fsp3) is 0.357. The van der Waals surface area contributed by atoms with E-state index in [1.54, 1.807) is 12.1 Å². The Morgan fingerprint density at radius 3 is 2.89 bits per heavy atom. The summed E-state index contributed by atoms with van der Waals surface area (Å²) < 4.78 is 0. The summed E-state index contributed by atoms with van der Waals surface area (Å²) in [7, 11) is 0. The van der Waals surface area contributed by atoms with Crippen molar-refractivity contribution in [3.63, 3.8) is 0 Å². The first-order valence-electron chi connectivity index (χ1n) is 6.02. The molecule has 1 amide bonds. The van der Waals surface area contributed by atoms with E-state index in [9.17, 15) is 9.90 Å². The summed E-state index contributed by atoms with van der Waals surface area (Å²) >= 11 is 5.96. The maximum absolute atomic E-state index is 11.5. The molecule has 1 aromatic rings. The molecule has 0 spiro atoms. The largest absolute Gasteiger partial charge is 0.393 e. The number of aliphatic hydroxyl groups is 1. The SMILES string of the molecule is CCC(O)CCNC(=O)/C=C/c1ccccc1Cl. The third-order valence-electron chi connectivity index (χ3n) is 2.57. The van der Waals surface area contributed by atoms with Gasteiger partial charge in [-0.3, -0.25) is 4.79 Å². The van der Waals surface area contributed by atoms with Crippen molar-refractivity contribution in [2.24, 2.45) is 0 Å². The van der Waals surface area contributed by atoms with Gasteiger partial charge in [-0.15, -0.1) is 0 Å². The van der Waals surface area contributed by atoms with Gasteiger partial charge >= 0.3 is 0 Å². The van der Waals surface area contributed by atoms with Crippen LogP contribution in [0.25, 0.3) is 6.08 Å². The standard InChI is InChI=1S/C14H18ClNO2/c1-2-12(17)9-10-16-14(18)8-7-11-5-3-4-6-13(11)15/h3-8,12,17H,2,9-10H2,1H3,(H,16,18)/b8-7+. The number of amides is 1. The van der Waals surface area contributed by atoms with Crippen LogP contribution in [0.4, 0.5) is 0 Å². The Morgan fingerprint density at radius 1 is 1.50 bits per heavy atom. The highest BCUT2D eigenvalue weighted by Crippen LogP contribution is 2.15. The average molecular weight is 268 g/mol. The fourth-order valence-corrected chi connectivity index (χ4v) is 1.60. The van der Waals surface area contributed by atoms with Crippen molar-refractivity contribution >= 4 is 23.6 Å². The van der Waals surface area contributed by atoms with E-state index in [0.29, 0.717) is 24.4 Å². The monoisotopic (exact) mass is 267 g/mol. The molecule has 0 aliphatic heterocycles. The molecule has 0 radical (unpaired) electrons. The lowest BCUT2D eigenvalue weighted by Gasteiger charge is -2.07. The molecule has 1 atom stereocenters. The van der Waals surface area contributed by atoms with E-state index in [1.807, 2.05) is 25.1 Å². The number of aliphatic hydroxyl groups excluding tert-OH is 1. The third kappa shape index (κ3) is 5.34. The summed E-state index contributed by atoms with van der Waals surface area (Å²) in [6.45, 7) is 2.38. The van der Waals surface area contributed by atoms with Crippen LogP contribution in [0.5, 0.6) is 0 Å². The average Bonchev–Trinajstić information content (AvgIpc) is 2.37. The minimum atomic E-state index is -0.349. The van der Waals surface area contributed by atoms with Crippen LogP contribution in [0.15, 0.2) is 30.3 Å². The first kappa shape index (κ1) is 14.7. The van der Waals surface area contributed by atoms with Gasteiger partial charge < -0.3 is 10.4 Å². The van der Waals surface area contributed by atoms with Crippen molar-refractivity contribution in [2.75, 3.05) is 6.54 Å². The number of benzene rings is 1. The number of carbonyl (C=O) groups is 1. The number of halogens is 1. The van der Waals surface area contributed by atoms with E-state index in [4.69, 9.17) is 11.6 Å². The molecule has 0 aliphatic rings. The fourth-order valence-electron chi connectivity index (χ4n) is 1.40. The zero-order valence-electron chi connectivity index (χ0n) is 10.4. The molecule has 0 aliphatic carbocycles. The Labute approximate surface area is 112 Å². The molecule has 1 unspecified atom stereocenters. The Morgan fingerprint density at radius 2 is 2.22 bits per heavy atom. The van der Waals surface area contributed by atoms with Crippen LogP contribution >= 0.6 is 11.6 Å². The van der Waals surface area contributed by atoms with Crippen molar-refractivity contribution in [2.45, 2.75) is 25.9 Å². The number of carbonyl (C=O) groups excluding carboxylic acids is 1. The Bertz CT molecular complexity index is 418. The smallest absolute Gasteiger partial charge is 0.244 e. The van der Waals surface area contributed by atoms with E-state index in [1.165, 1.54) is 6.08 Å². The summed E-state index contributed by atoms with van der Waals surface area (Å²) in [6.07, 6.45) is 4.04. The van der Waals surface area contributed by atoms with Gasteiger partial charge in [-0.1, -0.05) is 36.7 Å². The first-order chi connectivity index (χ1) is 8.63. The zero-order valence-corrected chi connectivity index (χ0v) is 11.2. The molecule has 2 N–H and O–H groups in total. The third-order valence-corrected chi connectivity index (χ3v) is 2.91. The Hall–Kier alpha value is -1.32. The van der Waals surface area contributed by atoms with E-state index < -0.39 is 0 Å². The molecule has 0 aromatic heterocycles. The van der Waals surface area contributed by atoms with Crippen LogP contribution < -0.4 is 5.32 Å². The van der Waals surface area contributed by atoms with E-state index in [2.05, 4.69) is 5.32 Å². The molecule has 0 fully saturated rings. The van der Waals surface area contributed by atoms with Gasteiger partial charge in [0.1, 0.15) is 0 Å². The van der Waals surface area contributed by atoms with Crippen LogP contribution in [0.1, 0.15) is 25.3 Å². The molecular formula is C14H18ClNO2. The maximum atomic E-state index is 11.5. The van der Waals surface area contributed by atoms with Crippen molar-refractivity contribution in [3.05, 3.63) is 40.9 Å². The van der Waals surface area contributed by atoms with Gasteiger partial charge in [0.15, 0.2) is 0 Å². The predicted octanol–water partition coefficient (Wildman–Crippen LogP) is 2.63. The van der Waals surface area contributed by atoms with Crippen LogP contribution in [0, 0.1) is 0 Å².